The van der Waals surface area contributed by atoms with Crippen molar-refractivity contribution in [1.82, 2.24) is 5.32 Å². The van der Waals surface area contributed by atoms with E-state index in [-0.39, 0.29) is 11.9 Å². The fourth-order valence-electron chi connectivity index (χ4n) is 3.51. The van der Waals surface area contributed by atoms with Crippen molar-refractivity contribution in [3.63, 3.8) is 0 Å². The van der Waals surface area contributed by atoms with E-state index >= 15 is 0 Å². The fourth-order valence-corrected chi connectivity index (χ4v) is 3.51. The van der Waals surface area contributed by atoms with E-state index in [2.05, 4.69) is 5.32 Å². The van der Waals surface area contributed by atoms with Crippen molar-refractivity contribution in [2.75, 3.05) is 7.11 Å². The number of hydrogen-bond donors (Lipinski definition) is 1. The molecule has 2 atom stereocenters. The van der Waals surface area contributed by atoms with Crippen molar-refractivity contribution in [3.05, 3.63) is 0 Å². The van der Waals surface area contributed by atoms with Crippen LogP contribution in [0, 0.1) is 5.92 Å². The maximum Gasteiger partial charge on any atom is 0.310 e. The van der Waals surface area contributed by atoms with Crippen LogP contribution in [-0.4, -0.2) is 25.2 Å². The minimum absolute atomic E-state index is 0.00907. The van der Waals surface area contributed by atoms with Gasteiger partial charge in [-0.3, -0.25) is 4.79 Å². The average molecular weight is 253 g/mol. The highest BCUT2D eigenvalue weighted by Gasteiger charge is 2.31. The Labute approximate surface area is 111 Å². The zero-order valence-electron chi connectivity index (χ0n) is 11.6. The van der Waals surface area contributed by atoms with E-state index in [1.807, 2.05) is 0 Å². The van der Waals surface area contributed by atoms with Gasteiger partial charge in [-0.05, 0) is 25.7 Å². The zero-order valence-corrected chi connectivity index (χ0v) is 11.6. The van der Waals surface area contributed by atoms with Gasteiger partial charge in [-0.15, -0.1) is 0 Å². The van der Waals surface area contributed by atoms with E-state index in [9.17, 15) is 4.79 Å². The minimum atomic E-state index is -0.00907. The lowest BCUT2D eigenvalue weighted by molar-refractivity contribution is -0.146. The Bertz CT molecular complexity index is 261. The summed E-state index contributed by atoms with van der Waals surface area (Å²) < 4.78 is 4.99. The van der Waals surface area contributed by atoms with Crippen molar-refractivity contribution in [3.8, 4) is 0 Å². The molecule has 0 aromatic carbocycles. The fraction of sp³-hybridized carbons (Fsp3) is 0.933. The van der Waals surface area contributed by atoms with E-state index < -0.39 is 0 Å². The third-order valence-corrected chi connectivity index (χ3v) is 4.57. The van der Waals surface area contributed by atoms with Gasteiger partial charge in [0.25, 0.3) is 0 Å². The largest absolute Gasteiger partial charge is 0.469 e. The number of nitrogens with one attached hydrogen (secondary N) is 1. The lowest BCUT2D eigenvalue weighted by Crippen LogP contribution is -2.45. The molecule has 2 fully saturated rings. The summed E-state index contributed by atoms with van der Waals surface area (Å²) in [6, 6.07) is 0.983. The van der Waals surface area contributed by atoms with Gasteiger partial charge < -0.3 is 10.1 Å². The highest BCUT2D eigenvalue weighted by molar-refractivity contribution is 5.73. The van der Waals surface area contributed by atoms with Gasteiger partial charge in [0.2, 0.25) is 0 Å². The van der Waals surface area contributed by atoms with Gasteiger partial charge in [0.05, 0.1) is 13.0 Å². The van der Waals surface area contributed by atoms with E-state index in [0.29, 0.717) is 12.1 Å². The molecule has 104 valence electrons. The van der Waals surface area contributed by atoms with Gasteiger partial charge in [-0.1, -0.05) is 38.5 Å². The third-order valence-electron chi connectivity index (χ3n) is 4.57. The summed E-state index contributed by atoms with van der Waals surface area (Å²) in [5.41, 5.74) is 0. The molecule has 2 aliphatic rings. The second-order valence-corrected chi connectivity index (χ2v) is 5.88. The number of carbonyl (C=O) groups excluding carboxylic acids is 1. The Morgan fingerprint density at radius 1 is 0.944 bits per heavy atom. The Morgan fingerprint density at radius 3 is 2.22 bits per heavy atom. The average Bonchev–Trinajstić information content (AvgIpc) is 2.64. The summed E-state index contributed by atoms with van der Waals surface area (Å²) in [7, 11) is 1.52. The molecule has 3 heteroatoms. The van der Waals surface area contributed by atoms with Crippen LogP contribution in [0.15, 0.2) is 0 Å². The molecule has 0 bridgehead atoms. The highest BCUT2D eigenvalue weighted by Crippen LogP contribution is 2.27. The molecule has 0 spiro atoms. The smallest absolute Gasteiger partial charge is 0.310 e. The molecule has 18 heavy (non-hydrogen) atoms. The molecule has 0 unspecified atom stereocenters. The van der Waals surface area contributed by atoms with Gasteiger partial charge in [0, 0.05) is 12.1 Å². The molecule has 2 aliphatic carbocycles. The molecule has 0 aliphatic heterocycles. The predicted molar refractivity (Wildman–Crippen MR) is 72.4 cm³/mol. The second kappa shape index (κ2) is 7.13. The van der Waals surface area contributed by atoms with Gasteiger partial charge >= 0.3 is 5.97 Å². The summed E-state index contributed by atoms with van der Waals surface area (Å²) in [5.74, 6) is 0.0737. The SMILES string of the molecule is COC(=O)[C@@H]1CCCCC[C@H]1NC1CCCCC1. The first-order chi connectivity index (χ1) is 8.81. The Kier molecular flexibility index (Phi) is 5.48. The minimum Gasteiger partial charge on any atom is -0.469 e. The highest BCUT2D eigenvalue weighted by atomic mass is 16.5. The lowest BCUT2D eigenvalue weighted by atomic mass is 9.90. The number of carbonyl (C=O) groups is 1. The van der Waals surface area contributed by atoms with Crippen LogP contribution < -0.4 is 5.32 Å². The number of ether oxygens (including phenoxy) is 1. The Balaban J connectivity index is 1.93. The molecular formula is C15H27NO2. The van der Waals surface area contributed by atoms with Crippen LogP contribution >= 0.6 is 0 Å². The third kappa shape index (κ3) is 3.71. The van der Waals surface area contributed by atoms with Gasteiger partial charge in [0.15, 0.2) is 0 Å². The first-order valence-electron chi connectivity index (χ1n) is 7.65. The zero-order chi connectivity index (χ0) is 12.8. The number of hydrogen-bond acceptors (Lipinski definition) is 3. The summed E-state index contributed by atoms with van der Waals surface area (Å²) in [6.07, 6.45) is 12.4. The van der Waals surface area contributed by atoms with Crippen molar-refractivity contribution in [1.29, 1.82) is 0 Å². The number of methoxy groups -OCH3 is 1. The Morgan fingerprint density at radius 2 is 1.56 bits per heavy atom. The normalized spacial score (nSPS) is 30.7. The lowest BCUT2D eigenvalue weighted by Gasteiger charge is -2.31. The van der Waals surface area contributed by atoms with Crippen LogP contribution in [-0.2, 0) is 9.53 Å². The molecule has 0 heterocycles. The standard InChI is InChI=1S/C15H27NO2/c1-18-15(17)13-10-6-3-7-11-14(13)16-12-8-4-2-5-9-12/h12-14,16H,2-11H2,1H3/t13-,14-/m1/s1. The van der Waals surface area contributed by atoms with Crippen molar-refractivity contribution >= 4 is 5.97 Å². The van der Waals surface area contributed by atoms with Crippen LogP contribution in [0.25, 0.3) is 0 Å². The summed E-state index contributed by atoms with van der Waals surface area (Å²) >= 11 is 0. The van der Waals surface area contributed by atoms with E-state index in [4.69, 9.17) is 4.74 Å². The number of rotatable bonds is 3. The van der Waals surface area contributed by atoms with E-state index in [1.165, 1.54) is 58.5 Å². The number of esters is 1. The quantitative estimate of drug-likeness (QED) is 0.620. The molecular weight excluding hydrogens is 226 g/mol. The van der Waals surface area contributed by atoms with Gasteiger partial charge in [-0.25, -0.2) is 0 Å². The van der Waals surface area contributed by atoms with Crippen molar-refractivity contribution in [2.24, 2.45) is 5.92 Å². The topological polar surface area (TPSA) is 38.3 Å². The molecule has 2 saturated carbocycles. The molecule has 3 nitrogen and oxygen atoms in total. The first-order valence-corrected chi connectivity index (χ1v) is 7.65. The van der Waals surface area contributed by atoms with E-state index in [1.54, 1.807) is 0 Å². The van der Waals surface area contributed by atoms with Crippen molar-refractivity contribution in [2.45, 2.75) is 76.3 Å². The molecule has 1 N–H and O–H groups in total. The summed E-state index contributed by atoms with van der Waals surface area (Å²) in [4.78, 5) is 11.9. The molecule has 0 aromatic heterocycles. The van der Waals surface area contributed by atoms with Crippen LogP contribution in [0.3, 0.4) is 0 Å². The molecule has 0 radical (unpaired) electrons. The molecule has 0 amide bonds. The Hall–Kier alpha value is -0.570. The van der Waals surface area contributed by atoms with Crippen LogP contribution in [0.2, 0.25) is 0 Å². The molecule has 2 rings (SSSR count). The van der Waals surface area contributed by atoms with Crippen molar-refractivity contribution < 1.29 is 9.53 Å². The van der Waals surface area contributed by atoms with Crippen LogP contribution in [0.1, 0.15) is 64.2 Å². The summed E-state index contributed by atoms with van der Waals surface area (Å²) in [5, 5.41) is 3.76. The monoisotopic (exact) mass is 253 g/mol. The van der Waals surface area contributed by atoms with E-state index in [0.717, 1.165) is 12.8 Å². The second-order valence-electron chi connectivity index (χ2n) is 5.88. The molecule has 0 aromatic rings. The van der Waals surface area contributed by atoms with Gasteiger partial charge in [0.1, 0.15) is 0 Å². The molecule has 0 saturated heterocycles. The van der Waals surface area contributed by atoms with Gasteiger partial charge in [-0.2, -0.15) is 0 Å². The van der Waals surface area contributed by atoms with Crippen LogP contribution in [0.4, 0.5) is 0 Å². The first kappa shape index (κ1) is 13.9. The van der Waals surface area contributed by atoms with Crippen LogP contribution in [0.5, 0.6) is 0 Å². The maximum absolute atomic E-state index is 11.9. The summed E-state index contributed by atoms with van der Waals surface area (Å²) in [6.45, 7) is 0. The predicted octanol–water partition coefficient (Wildman–Crippen LogP) is 3.03. The maximum atomic E-state index is 11.9.